The monoisotopic (exact) mass is 309 g/mol. The zero-order chi connectivity index (χ0) is 15.9. The molecule has 0 saturated carbocycles. The Morgan fingerprint density at radius 1 is 1.17 bits per heavy atom. The van der Waals surface area contributed by atoms with Crippen LogP contribution >= 0.6 is 0 Å². The van der Waals surface area contributed by atoms with Crippen LogP contribution in [0.5, 0.6) is 6.01 Å². The van der Waals surface area contributed by atoms with Crippen molar-refractivity contribution in [2.45, 2.75) is 6.54 Å². The van der Waals surface area contributed by atoms with Crippen LogP contribution in [-0.2, 0) is 11.3 Å². The Balaban J connectivity index is 1.49. The lowest BCUT2D eigenvalue weighted by Crippen LogP contribution is -2.28. The van der Waals surface area contributed by atoms with Gasteiger partial charge in [-0.15, -0.1) is 5.10 Å². The first-order chi connectivity index (χ1) is 11.3. The second-order valence-electron chi connectivity index (χ2n) is 4.73. The lowest BCUT2D eigenvalue weighted by atomic mass is 10.3. The van der Waals surface area contributed by atoms with Crippen molar-refractivity contribution >= 4 is 5.91 Å². The number of carbonyl (C=O) groups is 1. The third-order valence-corrected chi connectivity index (χ3v) is 3.04. The molecular weight excluding hydrogens is 294 g/mol. The highest BCUT2D eigenvalue weighted by Gasteiger charge is 2.07. The smallest absolute Gasteiger partial charge is 0.336 e. The molecular formula is C16H15N5O2. The zero-order valence-corrected chi connectivity index (χ0v) is 12.3. The summed E-state index contributed by atoms with van der Waals surface area (Å²) in [7, 11) is 0. The molecule has 0 aliphatic carbocycles. The molecule has 0 fully saturated rings. The van der Waals surface area contributed by atoms with Gasteiger partial charge in [-0.05, 0) is 23.8 Å². The number of nitrogens with zero attached hydrogens (tertiary/aromatic N) is 4. The fourth-order valence-electron chi connectivity index (χ4n) is 1.90. The summed E-state index contributed by atoms with van der Waals surface area (Å²) in [4.78, 5) is 19.8. The fraction of sp³-hybridized carbons (Fsp3) is 0.125. The molecule has 0 saturated heterocycles. The number of pyridine rings is 1. The van der Waals surface area contributed by atoms with Gasteiger partial charge in [0.2, 0.25) is 0 Å². The number of carbonyl (C=O) groups excluding carboxylic acids is 1. The Kier molecular flexibility index (Phi) is 4.58. The van der Waals surface area contributed by atoms with Gasteiger partial charge >= 0.3 is 6.01 Å². The van der Waals surface area contributed by atoms with E-state index >= 15 is 0 Å². The third kappa shape index (κ3) is 4.13. The van der Waals surface area contributed by atoms with Crippen LogP contribution in [0.1, 0.15) is 5.56 Å². The second kappa shape index (κ2) is 7.17. The molecule has 23 heavy (non-hydrogen) atoms. The van der Waals surface area contributed by atoms with E-state index in [-0.39, 0.29) is 18.5 Å². The molecule has 0 atom stereocenters. The van der Waals surface area contributed by atoms with Crippen molar-refractivity contribution in [1.82, 2.24) is 25.1 Å². The first kappa shape index (κ1) is 14.7. The highest BCUT2D eigenvalue weighted by atomic mass is 16.5. The summed E-state index contributed by atoms with van der Waals surface area (Å²) < 4.78 is 6.87. The maximum atomic E-state index is 11.7. The lowest BCUT2D eigenvalue weighted by molar-refractivity contribution is -0.123. The molecule has 0 unspecified atom stereocenters. The SMILES string of the molecule is O=C(COc1ncn(-c2ccccc2)n1)NCc1cccnc1. The minimum absolute atomic E-state index is 0.140. The summed E-state index contributed by atoms with van der Waals surface area (Å²) in [5, 5.41) is 6.91. The van der Waals surface area contributed by atoms with Crippen molar-refractivity contribution in [1.29, 1.82) is 0 Å². The summed E-state index contributed by atoms with van der Waals surface area (Å²) >= 11 is 0. The van der Waals surface area contributed by atoms with Crippen molar-refractivity contribution in [3.8, 4) is 11.7 Å². The van der Waals surface area contributed by atoms with Crippen LogP contribution in [0.25, 0.3) is 5.69 Å². The van der Waals surface area contributed by atoms with Gasteiger partial charge in [0, 0.05) is 18.9 Å². The van der Waals surface area contributed by atoms with E-state index in [1.807, 2.05) is 42.5 Å². The first-order valence-corrected chi connectivity index (χ1v) is 7.07. The molecule has 7 heteroatoms. The Bertz CT molecular complexity index is 758. The molecule has 116 valence electrons. The van der Waals surface area contributed by atoms with Gasteiger partial charge in [0.15, 0.2) is 6.61 Å². The summed E-state index contributed by atoms with van der Waals surface area (Å²) in [5.41, 5.74) is 1.79. The molecule has 1 aromatic carbocycles. The molecule has 0 spiro atoms. The molecule has 7 nitrogen and oxygen atoms in total. The van der Waals surface area contributed by atoms with Crippen molar-refractivity contribution in [3.63, 3.8) is 0 Å². The number of hydrogen-bond acceptors (Lipinski definition) is 5. The average molecular weight is 309 g/mol. The van der Waals surface area contributed by atoms with Crippen molar-refractivity contribution < 1.29 is 9.53 Å². The van der Waals surface area contributed by atoms with E-state index in [4.69, 9.17) is 4.74 Å². The average Bonchev–Trinajstić information content (AvgIpc) is 3.09. The molecule has 1 amide bonds. The molecule has 3 aromatic rings. The molecule has 1 N–H and O–H groups in total. The van der Waals surface area contributed by atoms with Crippen LogP contribution in [0.3, 0.4) is 0 Å². The van der Waals surface area contributed by atoms with E-state index in [2.05, 4.69) is 20.4 Å². The standard InChI is InChI=1S/C16H15N5O2/c22-15(18-10-13-5-4-8-17-9-13)11-23-16-19-12-21(20-16)14-6-2-1-3-7-14/h1-9,12H,10-11H2,(H,18,22). The van der Waals surface area contributed by atoms with E-state index < -0.39 is 0 Å². The van der Waals surface area contributed by atoms with Gasteiger partial charge in [0.1, 0.15) is 6.33 Å². The van der Waals surface area contributed by atoms with E-state index in [1.54, 1.807) is 17.1 Å². The Hall–Kier alpha value is -3.22. The van der Waals surface area contributed by atoms with E-state index in [0.717, 1.165) is 11.3 Å². The summed E-state index contributed by atoms with van der Waals surface area (Å²) in [6.45, 7) is 0.265. The van der Waals surface area contributed by atoms with Gasteiger partial charge < -0.3 is 10.1 Å². The highest BCUT2D eigenvalue weighted by Crippen LogP contribution is 2.08. The molecule has 0 aliphatic heterocycles. The number of rotatable bonds is 6. The fourth-order valence-corrected chi connectivity index (χ4v) is 1.90. The van der Waals surface area contributed by atoms with Crippen molar-refractivity contribution in [2.24, 2.45) is 0 Å². The van der Waals surface area contributed by atoms with Gasteiger partial charge in [0.05, 0.1) is 5.69 Å². The van der Waals surface area contributed by atoms with Crippen molar-refractivity contribution in [3.05, 3.63) is 66.7 Å². The van der Waals surface area contributed by atoms with Crippen LogP contribution in [0, 0.1) is 0 Å². The quantitative estimate of drug-likeness (QED) is 0.743. The zero-order valence-electron chi connectivity index (χ0n) is 12.3. The second-order valence-corrected chi connectivity index (χ2v) is 4.73. The summed E-state index contributed by atoms with van der Waals surface area (Å²) in [6.07, 6.45) is 4.92. The number of aromatic nitrogens is 4. The molecule has 3 rings (SSSR count). The lowest BCUT2D eigenvalue weighted by Gasteiger charge is -2.04. The Morgan fingerprint density at radius 2 is 2.04 bits per heavy atom. The number of hydrogen-bond donors (Lipinski definition) is 1. The van der Waals surface area contributed by atoms with Crippen LogP contribution in [0.2, 0.25) is 0 Å². The van der Waals surface area contributed by atoms with Gasteiger partial charge in [-0.3, -0.25) is 9.78 Å². The van der Waals surface area contributed by atoms with Gasteiger partial charge in [0.25, 0.3) is 5.91 Å². The predicted octanol–water partition coefficient (Wildman–Crippen LogP) is 1.36. The van der Waals surface area contributed by atoms with E-state index in [1.165, 1.54) is 6.33 Å². The Labute approximate surface area is 133 Å². The van der Waals surface area contributed by atoms with Crippen LogP contribution < -0.4 is 10.1 Å². The highest BCUT2D eigenvalue weighted by molar-refractivity contribution is 5.77. The number of ether oxygens (including phenoxy) is 1. The van der Waals surface area contributed by atoms with Gasteiger partial charge in [-0.25, -0.2) is 4.68 Å². The van der Waals surface area contributed by atoms with Crippen LogP contribution in [0.4, 0.5) is 0 Å². The van der Waals surface area contributed by atoms with Crippen LogP contribution in [-0.4, -0.2) is 32.3 Å². The number of benzene rings is 1. The molecule has 2 heterocycles. The van der Waals surface area contributed by atoms with Gasteiger partial charge in [-0.2, -0.15) is 4.98 Å². The van der Waals surface area contributed by atoms with E-state index in [0.29, 0.717) is 6.54 Å². The first-order valence-electron chi connectivity index (χ1n) is 7.07. The number of nitrogens with one attached hydrogen (secondary N) is 1. The topological polar surface area (TPSA) is 81.9 Å². The van der Waals surface area contributed by atoms with E-state index in [9.17, 15) is 4.79 Å². The number of para-hydroxylation sites is 1. The van der Waals surface area contributed by atoms with Crippen molar-refractivity contribution in [2.75, 3.05) is 6.61 Å². The Morgan fingerprint density at radius 3 is 2.83 bits per heavy atom. The predicted molar refractivity (Wildman–Crippen MR) is 82.9 cm³/mol. The number of amides is 1. The largest absolute Gasteiger partial charge is 0.452 e. The molecule has 2 aromatic heterocycles. The minimum atomic E-state index is -0.245. The maximum Gasteiger partial charge on any atom is 0.336 e. The minimum Gasteiger partial charge on any atom is -0.452 e. The third-order valence-electron chi connectivity index (χ3n) is 3.04. The van der Waals surface area contributed by atoms with Gasteiger partial charge in [-0.1, -0.05) is 24.3 Å². The molecule has 0 bridgehead atoms. The van der Waals surface area contributed by atoms with Crippen LogP contribution in [0.15, 0.2) is 61.2 Å². The maximum absolute atomic E-state index is 11.7. The normalized spacial score (nSPS) is 10.3. The summed E-state index contributed by atoms with van der Waals surface area (Å²) in [5.74, 6) is -0.245. The summed E-state index contributed by atoms with van der Waals surface area (Å²) in [6, 6.07) is 13.4. The molecule has 0 radical (unpaired) electrons. The molecule has 0 aliphatic rings.